The van der Waals surface area contributed by atoms with E-state index in [1.165, 1.54) is 32.1 Å². The minimum absolute atomic E-state index is 0.0991. The summed E-state index contributed by atoms with van der Waals surface area (Å²) in [5.74, 6) is 2.05. The third-order valence-electron chi connectivity index (χ3n) is 4.77. The van der Waals surface area contributed by atoms with E-state index in [1.807, 2.05) is 0 Å². The van der Waals surface area contributed by atoms with Crippen molar-refractivity contribution in [3.63, 3.8) is 0 Å². The zero-order valence-electron chi connectivity index (χ0n) is 12.0. The lowest BCUT2D eigenvalue weighted by Gasteiger charge is -2.30. The standard InChI is InChI=1S/C15H28N2O/c1-3-12-5-7-13(8-6-12)11-17-10-9-14(15(17)18)16-4-2/h12-14,16H,3-11H2,1-2H3. The maximum Gasteiger partial charge on any atom is 0.239 e. The number of hydrogen-bond acceptors (Lipinski definition) is 2. The molecule has 1 heterocycles. The first-order valence-electron chi connectivity index (χ1n) is 7.76. The van der Waals surface area contributed by atoms with E-state index in [0.29, 0.717) is 5.91 Å². The van der Waals surface area contributed by atoms with Gasteiger partial charge in [0.1, 0.15) is 0 Å². The van der Waals surface area contributed by atoms with E-state index >= 15 is 0 Å². The molecule has 3 heteroatoms. The van der Waals surface area contributed by atoms with Gasteiger partial charge in [-0.05, 0) is 37.6 Å². The predicted molar refractivity (Wildman–Crippen MR) is 74.4 cm³/mol. The van der Waals surface area contributed by atoms with Crippen LogP contribution in [0.1, 0.15) is 52.4 Å². The fraction of sp³-hybridized carbons (Fsp3) is 0.933. The van der Waals surface area contributed by atoms with Crippen LogP contribution in [0.25, 0.3) is 0 Å². The van der Waals surface area contributed by atoms with Crippen molar-refractivity contribution in [1.82, 2.24) is 10.2 Å². The number of likely N-dealkylation sites (N-methyl/N-ethyl adjacent to an activating group) is 1. The summed E-state index contributed by atoms with van der Waals surface area (Å²) in [5, 5.41) is 3.29. The molecule has 1 saturated heterocycles. The Morgan fingerprint density at radius 1 is 1.11 bits per heavy atom. The van der Waals surface area contributed by atoms with Crippen LogP contribution < -0.4 is 5.32 Å². The SMILES string of the molecule is CCNC1CCN(CC2CCC(CC)CC2)C1=O. The summed E-state index contributed by atoms with van der Waals surface area (Å²) < 4.78 is 0. The molecule has 0 radical (unpaired) electrons. The first-order valence-corrected chi connectivity index (χ1v) is 7.76. The number of hydrogen-bond donors (Lipinski definition) is 1. The van der Waals surface area contributed by atoms with Gasteiger partial charge in [-0.3, -0.25) is 4.79 Å². The first kappa shape index (κ1) is 13.9. The van der Waals surface area contributed by atoms with Crippen LogP contribution in [0.2, 0.25) is 0 Å². The summed E-state index contributed by atoms with van der Waals surface area (Å²) in [6, 6.07) is 0.0991. The van der Waals surface area contributed by atoms with E-state index in [-0.39, 0.29) is 6.04 Å². The average Bonchev–Trinajstić information content (AvgIpc) is 2.73. The lowest BCUT2D eigenvalue weighted by molar-refractivity contribution is -0.130. The second-order valence-electron chi connectivity index (χ2n) is 5.98. The van der Waals surface area contributed by atoms with Crippen LogP contribution in [-0.2, 0) is 4.79 Å². The van der Waals surface area contributed by atoms with Crippen molar-refractivity contribution in [3.05, 3.63) is 0 Å². The second-order valence-corrected chi connectivity index (χ2v) is 5.98. The van der Waals surface area contributed by atoms with Crippen LogP contribution in [0.4, 0.5) is 0 Å². The molecule has 104 valence electrons. The molecule has 0 aromatic heterocycles. The monoisotopic (exact) mass is 252 g/mol. The number of rotatable bonds is 5. The Morgan fingerprint density at radius 2 is 1.78 bits per heavy atom. The number of nitrogens with one attached hydrogen (secondary N) is 1. The Bertz CT molecular complexity index is 272. The van der Waals surface area contributed by atoms with E-state index < -0.39 is 0 Å². The molecule has 1 saturated carbocycles. The summed E-state index contributed by atoms with van der Waals surface area (Å²) >= 11 is 0. The zero-order valence-corrected chi connectivity index (χ0v) is 12.0. The molecule has 1 aliphatic heterocycles. The Hall–Kier alpha value is -0.570. The third kappa shape index (κ3) is 3.25. The molecule has 0 spiro atoms. The molecule has 1 atom stereocenters. The number of carbonyl (C=O) groups excluding carboxylic acids is 1. The molecule has 18 heavy (non-hydrogen) atoms. The fourth-order valence-electron chi connectivity index (χ4n) is 3.49. The molecule has 2 rings (SSSR count). The Kier molecular flexibility index (Phi) is 5.04. The lowest BCUT2D eigenvalue weighted by atomic mass is 9.80. The van der Waals surface area contributed by atoms with Gasteiger partial charge in [0.2, 0.25) is 5.91 Å². The molecule has 0 aromatic carbocycles. The van der Waals surface area contributed by atoms with Crippen molar-refractivity contribution in [3.8, 4) is 0 Å². The summed E-state index contributed by atoms with van der Waals surface area (Å²) in [6.07, 6.45) is 7.73. The molecule has 0 aromatic rings. The van der Waals surface area contributed by atoms with Crippen molar-refractivity contribution in [2.75, 3.05) is 19.6 Å². The van der Waals surface area contributed by atoms with Crippen molar-refractivity contribution in [2.24, 2.45) is 11.8 Å². The smallest absolute Gasteiger partial charge is 0.239 e. The van der Waals surface area contributed by atoms with Crippen LogP contribution in [0.15, 0.2) is 0 Å². The summed E-state index contributed by atoms with van der Waals surface area (Å²) in [6.45, 7) is 7.24. The van der Waals surface area contributed by atoms with E-state index in [0.717, 1.165) is 37.9 Å². The largest absolute Gasteiger partial charge is 0.341 e. The van der Waals surface area contributed by atoms with E-state index in [1.54, 1.807) is 0 Å². The van der Waals surface area contributed by atoms with Crippen molar-refractivity contribution < 1.29 is 4.79 Å². The van der Waals surface area contributed by atoms with Gasteiger partial charge in [-0.15, -0.1) is 0 Å². The summed E-state index contributed by atoms with van der Waals surface area (Å²) in [4.78, 5) is 14.3. The highest BCUT2D eigenvalue weighted by atomic mass is 16.2. The Labute approximate surface area is 111 Å². The molecule has 1 aliphatic carbocycles. The fourth-order valence-corrected chi connectivity index (χ4v) is 3.49. The number of amides is 1. The molecule has 1 unspecified atom stereocenters. The first-order chi connectivity index (χ1) is 8.74. The molecule has 3 nitrogen and oxygen atoms in total. The van der Waals surface area contributed by atoms with Gasteiger partial charge in [-0.25, -0.2) is 0 Å². The minimum Gasteiger partial charge on any atom is -0.341 e. The molecular weight excluding hydrogens is 224 g/mol. The van der Waals surface area contributed by atoms with Gasteiger partial charge in [0.25, 0.3) is 0 Å². The van der Waals surface area contributed by atoms with Gasteiger partial charge in [0, 0.05) is 13.1 Å². The van der Waals surface area contributed by atoms with Gasteiger partial charge in [0.05, 0.1) is 6.04 Å². The topological polar surface area (TPSA) is 32.3 Å². The summed E-state index contributed by atoms with van der Waals surface area (Å²) in [7, 11) is 0. The van der Waals surface area contributed by atoms with Gasteiger partial charge in [0.15, 0.2) is 0 Å². The van der Waals surface area contributed by atoms with E-state index in [2.05, 4.69) is 24.1 Å². The normalized spacial score (nSPS) is 33.1. The average molecular weight is 252 g/mol. The molecule has 1 N–H and O–H groups in total. The molecule has 0 bridgehead atoms. The lowest BCUT2D eigenvalue weighted by Crippen LogP contribution is -2.40. The maximum absolute atomic E-state index is 12.2. The highest BCUT2D eigenvalue weighted by Gasteiger charge is 2.32. The Morgan fingerprint density at radius 3 is 2.39 bits per heavy atom. The van der Waals surface area contributed by atoms with Crippen LogP contribution in [0.5, 0.6) is 0 Å². The van der Waals surface area contributed by atoms with Crippen LogP contribution >= 0.6 is 0 Å². The van der Waals surface area contributed by atoms with Gasteiger partial charge < -0.3 is 10.2 Å². The minimum atomic E-state index is 0.0991. The number of nitrogens with zero attached hydrogens (tertiary/aromatic N) is 1. The van der Waals surface area contributed by atoms with Gasteiger partial charge in [-0.1, -0.05) is 33.1 Å². The Balaban J connectivity index is 1.76. The van der Waals surface area contributed by atoms with Gasteiger partial charge in [-0.2, -0.15) is 0 Å². The predicted octanol–water partition coefficient (Wildman–Crippen LogP) is 2.41. The third-order valence-corrected chi connectivity index (χ3v) is 4.77. The van der Waals surface area contributed by atoms with Crippen LogP contribution in [0.3, 0.4) is 0 Å². The molecule has 2 aliphatic rings. The van der Waals surface area contributed by atoms with Crippen LogP contribution in [-0.4, -0.2) is 36.5 Å². The number of carbonyl (C=O) groups is 1. The zero-order chi connectivity index (χ0) is 13.0. The second kappa shape index (κ2) is 6.55. The van der Waals surface area contributed by atoms with Crippen LogP contribution in [0, 0.1) is 11.8 Å². The van der Waals surface area contributed by atoms with Crippen molar-refractivity contribution in [1.29, 1.82) is 0 Å². The molecule has 1 amide bonds. The van der Waals surface area contributed by atoms with E-state index in [9.17, 15) is 4.79 Å². The van der Waals surface area contributed by atoms with Crippen molar-refractivity contribution in [2.45, 2.75) is 58.4 Å². The quantitative estimate of drug-likeness (QED) is 0.815. The number of likely N-dealkylation sites (tertiary alicyclic amines) is 1. The highest BCUT2D eigenvalue weighted by molar-refractivity contribution is 5.83. The summed E-state index contributed by atoms with van der Waals surface area (Å²) in [5.41, 5.74) is 0. The van der Waals surface area contributed by atoms with Gasteiger partial charge >= 0.3 is 0 Å². The molecular formula is C15H28N2O. The van der Waals surface area contributed by atoms with Crippen molar-refractivity contribution >= 4 is 5.91 Å². The highest BCUT2D eigenvalue weighted by Crippen LogP contribution is 2.31. The maximum atomic E-state index is 12.2. The molecule has 2 fully saturated rings. The van der Waals surface area contributed by atoms with E-state index in [4.69, 9.17) is 0 Å².